The molecular formula is C16H21NO3. The summed E-state index contributed by atoms with van der Waals surface area (Å²) < 4.78 is 0. The van der Waals surface area contributed by atoms with E-state index in [1.165, 1.54) is 11.1 Å². The molecule has 1 N–H and O–H groups in total. The Kier molecular flexibility index (Phi) is 4.77. The Bertz CT molecular complexity index is 498. The lowest BCUT2D eigenvalue weighted by Crippen LogP contribution is -2.42. The first-order valence-electron chi connectivity index (χ1n) is 7.13. The molecule has 2 rings (SSSR count). The van der Waals surface area contributed by atoms with Gasteiger partial charge in [-0.15, -0.1) is 0 Å². The third kappa shape index (κ3) is 3.59. The highest BCUT2D eigenvalue weighted by atomic mass is 16.4. The first-order chi connectivity index (χ1) is 9.58. The molecule has 0 unspecified atom stereocenters. The predicted octanol–water partition coefficient (Wildman–Crippen LogP) is 2.25. The molecule has 0 radical (unpaired) electrons. The van der Waals surface area contributed by atoms with Gasteiger partial charge in [0.1, 0.15) is 0 Å². The second-order valence-electron chi connectivity index (χ2n) is 5.44. The number of piperidine rings is 1. The minimum Gasteiger partial charge on any atom is -0.481 e. The average Bonchev–Trinajstić information content (AvgIpc) is 2.46. The molecule has 0 bridgehead atoms. The maximum atomic E-state index is 12.2. The fourth-order valence-corrected chi connectivity index (χ4v) is 2.70. The molecule has 1 atom stereocenters. The second kappa shape index (κ2) is 6.55. The lowest BCUT2D eigenvalue weighted by atomic mass is 9.97. The van der Waals surface area contributed by atoms with E-state index in [4.69, 9.17) is 5.11 Å². The summed E-state index contributed by atoms with van der Waals surface area (Å²) in [6, 6.07) is 8.05. The van der Waals surface area contributed by atoms with Gasteiger partial charge in [-0.25, -0.2) is 0 Å². The van der Waals surface area contributed by atoms with Crippen LogP contribution in [0.25, 0.3) is 0 Å². The summed E-state index contributed by atoms with van der Waals surface area (Å²) in [6.07, 6.45) is 2.64. The number of carboxylic acids is 1. The quantitative estimate of drug-likeness (QED) is 0.917. The highest BCUT2D eigenvalue weighted by Crippen LogP contribution is 2.18. The number of carbonyl (C=O) groups is 2. The van der Waals surface area contributed by atoms with Crippen molar-refractivity contribution >= 4 is 11.9 Å². The van der Waals surface area contributed by atoms with Gasteiger partial charge in [0.2, 0.25) is 5.91 Å². The number of hydrogen-bond acceptors (Lipinski definition) is 2. The van der Waals surface area contributed by atoms with E-state index in [0.717, 1.165) is 12.8 Å². The molecule has 108 valence electrons. The van der Waals surface area contributed by atoms with Gasteiger partial charge in [0.05, 0.1) is 5.92 Å². The number of amides is 1. The van der Waals surface area contributed by atoms with Crippen molar-refractivity contribution in [3.63, 3.8) is 0 Å². The SMILES string of the molecule is Cc1ccccc1CCC(=O)N1CCC[C@H](C(=O)O)C1. The fourth-order valence-electron chi connectivity index (χ4n) is 2.70. The molecular weight excluding hydrogens is 254 g/mol. The molecule has 1 saturated heterocycles. The Balaban J connectivity index is 1.89. The van der Waals surface area contributed by atoms with E-state index < -0.39 is 11.9 Å². The standard InChI is InChI=1S/C16H21NO3/c1-12-5-2-3-6-13(12)8-9-15(18)17-10-4-7-14(11-17)16(19)20/h2-3,5-6,14H,4,7-11H2,1H3,(H,19,20)/t14-/m0/s1. The molecule has 0 aromatic heterocycles. The Morgan fingerprint density at radius 1 is 1.35 bits per heavy atom. The van der Waals surface area contributed by atoms with Gasteiger partial charge in [-0.1, -0.05) is 24.3 Å². The first-order valence-corrected chi connectivity index (χ1v) is 7.13. The monoisotopic (exact) mass is 275 g/mol. The molecule has 1 heterocycles. The number of carbonyl (C=O) groups excluding carboxylic acids is 1. The number of nitrogens with zero attached hydrogens (tertiary/aromatic N) is 1. The zero-order valence-electron chi connectivity index (χ0n) is 11.8. The summed E-state index contributed by atoms with van der Waals surface area (Å²) in [4.78, 5) is 24.9. The van der Waals surface area contributed by atoms with Gasteiger partial charge in [-0.2, -0.15) is 0 Å². The van der Waals surface area contributed by atoms with Gasteiger partial charge in [0.25, 0.3) is 0 Å². The summed E-state index contributed by atoms with van der Waals surface area (Å²) in [5, 5.41) is 9.04. The molecule has 1 aliphatic rings. The minimum atomic E-state index is -0.790. The first kappa shape index (κ1) is 14.6. The second-order valence-corrected chi connectivity index (χ2v) is 5.44. The van der Waals surface area contributed by atoms with Crippen molar-refractivity contribution in [1.29, 1.82) is 0 Å². The Morgan fingerprint density at radius 3 is 2.80 bits per heavy atom. The zero-order valence-corrected chi connectivity index (χ0v) is 11.8. The van der Waals surface area contributed by atoms with Crippen LogP contribution in [0.3, 0.4) is 0 Å². The number of likely N-dealkylation sites (tertiary alicyclic amines) is 1. The smallest absolute Gasteiger partial charge is 0.308 e. The number of carboxylic acid groups (broad SMARTS) is 1. The minimum absolute atomic E-state index is 0.0687. The van der Waals surface area contributed by atoms with E-state index in [1.807, 2.05) is 31.2 Å². The molecule has 1 amide bonds. The summed E-state index contributed by atoms with van der Waals surface area (Å²) in [5.41, 5.74) is 2.38. The highest BCUT2D eigenvalue weighted by molar-refractivity contribution is 5.78. The van der Waals surface area contributed by atoms with Gasteiger partial charge in [0, 0.05) is 19.5 Å². The highest BCUT2D eigenvalue weighted by Gasteiger charge is 2.27. The maximum Gasteiger partial charge on any atom is 0.308 e. The van der Waals surface area contributed by atoms with Crippen molar-refractivity contribution in [3.05, 3.63) is 35.4 Å². The molecule has 4 nitrogen and oxygen atoms in total. The normalized spacial score (nSPS) is 18.9. The predicted molar refractivity (Wildman–Crippen MR) is 76.4 cm³/mol. The van der Waals surface area contributed by atoms with Crippen LogP contribution in [0.5, 0.6) is 0 Å². The van der Waals surface area contributed by atoms with Gasteiger partial charge >= 0.3 is 5.97 Å². The number of hydrogen-bond donors (Lipinski definition) is 1. The number of aliphatic carboxylic acids is 1. The number of rotatable bonds is 4. The molecule has 0 aliphatic carbocycles. The molecule has 0 spiro atoms. The van der Waals surface area contributed by atoms with Gasteiger partial charge in [-0.05, 0) is 37.3 Å². The molecule has 1 aromatic rings. The largest absolute Gasteiger partial charge is 0.481 e. The molecule has 0 saturated carbocycles. The van der Waals surface area contributed by atoms with Gasteiger partial charge in [-0.3, -0.25) is 9.59 Å². The third-order valence-corrected chi connectivity index (χ3v) is 3.99. The van der Waals surface area contributed by atoms with Crippen molar-refractivity contribution in [2.75, 3.05) is 13.1 Å². The van der Waals surface area contributed by atoms with Crippen LogP contribution in [0.15, 0.2) is 24.3 Å². The van der Waals surface area contributed by atoms with E-state index >= 15 is 0 Å². The van der Waals surface area contributed by atoms with E-state index in [1.54, 1.807) is 4.90 Å². The van der Waals surface area contributed by atoms with E-state index in [-0.39, 0.29) is 5.91 Å². The fraction of sp³-hybridized carbons (Fsp3) is 0.500. The van der Waals surface area contributed by atoms with Crippen molar-refractivity contribution in [2.24, 2.45) is 5.92 Å². The van der Waals surface area contributed by atoms with Crippen LogP contribution in [-0.2, 0) is 16.0 Å². The topological polar surface area (TPSA) is 57.6 Å². The van der Waals surface area contributed by atoms with Crippen molar-refractivity contribution in [3.8, 4) is 0 Å². The number of benzene rings is 1. The lowest BCUT2D eigenvalue weighted by molar-refractivity contribution is -0.145. The van der Waals surface area contributed by atoms with Crippen LogP contribution in [-0.4, -0.2) is 35.0 Å². The molecule has 1 fully saturated rings. The van der Waals surface area contributed by atoms with Crippen LogP contribution in [0, 0.1) is 12.8 Å². The zero-order chi connectivity index (χ0) is 14.5. The summed E-state index contributed by atoms with van der Waals surface area (Å²) in [5.74, 6) is -1.12. The Morgan fingerprint density at radius 2 is 2.10 bits per heavy atom. The van der Waals surface area contributed by atoms with Crippen molar-refractivity contribution in [1.82, 2.24) is 4.90 Å². The summed E-state index contributed by atoms with van der Waals surface area (Å²) in [7, 11) is 0. The van der Waals surface area contributed by atoms with Crippen LogP contribution < -0.4 is 0 Å². The maximum absolute atomic E-state index is 12.2. The van der Waals surface area contributed by atoms with Crippen LogP contribution >= 0.6 is 0 Å². The third-order valence-electron chi connectivity index (χ3n) is 3.99. The van der Waals surface area contributed by atoms with E-state index in [0.29, 0.717) is 25.9 Å². The van der Waals surface area contributed by atoms with Crippen LogP contribution in [0.4, 0.5) is 0 Å². The van der Waals surface area contributed by atoms with E-state index in [2.05, 4.69) is 0 Å². The van der Waals surface area contributed by atoms with Crippen molar-refractivity contribution in [2.45, 2.75) is 32.6 Å². The van der Waals surface area contributed by atoms with Crippen molar-refractivity contribution < 1.29 is 14.7 Å². The average molecular weight is 275 g/mol. The van der Waals surface area contributed by atoms with Crippen LogP contribution in [0.1, 0.15) is 30.4 Å². The van der Waals surface area contributed by atoms with E-state index in [9.17, 15) is 9.59 Å². The Hall–Kier alpha value is -1.84. The molecule has 4 heteroatoms. The lowest BCUT2D eigenvalue weighted by Gasteiger charge is -2.30. The van der Waals surface area contributed by atoms with Gasteiger partial charge < -0.3 is 10.0 Å². The van der Waals surface area contributed by atoms with Crippen LogP contribution in [0.2, 0.25) is 0 Å². The Labute approximate surface area is 119 Å². The number of aryl methyl sites for hydroxylation is 2. The summed E-state index contributed by atoms with van der Waals surface area (Å²) >= 11 is 0. The summed E-state index contributed by atoms with van der Waals surface area (Å²) in [6.45, 7) is 3.10. The molecule has 1 aromatic carbocycles. The molecule has 20 heavy (non-hydrogen) atoms. The molecule has 1 aliphatic heterocycles. The van der Waals surface area contributed by atoms with Gasteiger partial charge in [0.15, 0.2) is 0 Å².